The molecule has 2 aromatic heterocycles. The van der Waals surface area contributed by atoms with E-state index in [1.165, 1.54) is 0 Å². The lowest BCUT2D eigenvalue weighted by atomic mass is 9.95. The first-order chi connectivity index (χ1) is 12.2. The summed E-state index contributed by atoms with van der Waals surface area (Å²) in [5.41, 5.74) is 3.87. The Hall–Kier alpha value is -2.57. The molecule has 6 nitrogen and oxygen atoms in total. The largest absolute Gasteiger partial charge is 0.496 e. The third kappa shape index (κ3) is 2.73. The highest BCUT2D eigenvalue weighted by molar-refractivity contribution is 5.51. The van der Waals surface area contributed by atoms with E-state index >= 15 is 0 Å². The third-order valence-corrected chi connectivity index (χ3v) is 4.76. The van der Waals surface area contributed by atoms with Gasteiger partial charge >= 0.3 is 0 Å². The molecule has 0 unspecified atom stereocenters. The Morgan fingerprint density at radius 2 is 1.96 bits per heavy atom. The molecule has 0 spiro atoms. The number of fused-ring (bicyclic) bond motifs is 2. The van der Waals surface area contributed by atoms with Gasteiger partial charge in [0.05, 0.1) is 20.3 Å². The van der Waals surface area contributed by atoms with E-state index in [4.69, 9.17) is 9.47 Å². The van der Waals surface area contributed by atoms with Crippen LogP contribution in [0.5, 0.6) is 11.5 Å². The van der Waals surface area contributed by atoms with Crippen molar-refractivity contribution in [3.05, 3.63) is 59.5 Å². The van der Waals surface area contributed by atoms with Gasteiger partial charge < -0.3 is 19.0 Å². The number of aromatic nitrogens is 2. The van der Waals surface area contributed by atoms with Crippen molar-refractivity contribution in [2.75, 3.05) is 20.8 Å². The molecule has 1 atom stereocenters. The molecule has 3 aromatic rings. The molecule has 0 radical (unpaired) electrons. The van der Waals surface area contributed by atoms with Gasteiger partial charge in [0, 0.05) is 48.8 Å². The minimum atomic E-state index is -0.615. The van der Waals surface area contributed by atoms with Gasteiger partial charge in [-0.1, -0.05) is 6.07 Å². The molecule has 0 fully saturated rings. The van der Waals surface area contributed by atoms with Crippen LogP contribution in [0.2, 0.25) is 0 Å². The van der Waals surface area contributed by atoms with E-state index in [9.17, 15) is 5.11 Å². The lowest BCUT2D eigenvalue weighted by molar-refractivity contribution is 0.0834. The molecule has 0 saturated carbocycles. The normalized spacial score (nSPS) is 17.5. The number of hydrogen-bond acceptors (Lipinski definition) is 5. The highest BCUT2D eigenvalue weighted by Gasteiger charge is 2.29. The summed E-state index contributed by atoms with van der Waals surface area (Å²) < 4.78 is 13.0. The summed E-state index contributed by atoms with van der Waals surface area (Å²) in [7, 11) is 3.28. The molecule has 0 saturated heterocycles. The van der Waals surface area contributed by atoms with Gasteiger partial charge in [0.2, 0.25) is 0 Å². The molecule has 0 amide bonds. The molecular formula is C19H21N3O3. The maximum absolute atomic E-state index is 10.7. The first-order valence-corrected chi connectivity index (χ1v) is 8.26. The number of β-amino-alcohol motifs (C(OH)–C–C–N with tert-alkyl or cyclic N) is 1. The van der Waals surface area contributed by atoms with Crippen molar-refractivity contribution in [1.82, 2.24) is 14.3 Å². The lowest BCUT2D eigenvalue weighted by Gasteiger charge is -2.34. The minimum absolute atomic E-state index is 0.543. The van der Waals surface area contributed by atoms with Crippen LogP contribution in [-0.2, 0) is 13.1 Å². The van der Waals surface area contributed by atoms with E-state index in [1.54, 1.807) is 20.4 Å². The maximum atomic E-state index is 10.7. The van der Waals surface area contributed by atoms with Crippen LogP contribution in [0.25, 0.3) is 5.65 Å². The fraction of sp³-hybridized carbons (Fsp3) is 0.316. The summed E-state index contributed by atoms with van der Waals surface area (Å²) in [6.07, 6.45) is 3.14. The van der Waals surface area contributed by atoms with Gasteiger partial charge in [-0.2, -0.15) is 0 Å². The first kappa shape index (κ1) is 15.9. The molecule has 0 bridgehead atoms. The number of aliphatic hydroxyl groups excluding tert-OH is 1. The molecule has 0 aliphatic carbocycles. The van der Waals surface area contributed by atoms with E-state index in [2.05, 4.69) is 20.4 Å². The van der Waals surface area contributed by atoms with Gasteiger partial charge in [-0.25, -0.2) is 4.98 Å². The van der Waals surface area contributed by atoms with Crippen molar-refractivity contribution >= 4 is 5.65 Å². The van der Waals surface area contributed by atoms with Crippen LogP contribution >= 0.6 is 0 Å². The standard InChI is InChI=1S/C19H21N3O3/c1-24-16-6-7-17(25-2)19-14(16)11-21(12-15(19)23)10-13-4-3-5-18-20-8-9-22(13)18/h3-9,15,23H,10-12H2,1-2H3/t15-/m1/s1. The summed E-state index contributed by atoms with van der Waals surface area (Å²) in [5.74, 6) is 1.49. The predicted molar refractivity (Wildman–Crippen MR) is 93.8 cm³/mol. The Morgan fingerprint density at radius 3 is 2.76 bits per heavy atom. The molecule has 1 aromatic carbocycles. The average Bonchev–Trinajstić information content (AvgIpc) is 3.10. The second-order valence-corrected chi connectivity index (χ2v) is 6.22. The summed E-state index contributed by atoms with van der Waals surface area (Å²) in [4.78, 5) is 6.54. The lowest BCUT2D eigenvalue weighted by Crippen LogP contribution is -2.34. The number of benzene rings is 1. The van der Waals surface area contributed by atoms with Crippen LogP contribution in [0.15, 0.2) is 42.7 Å². The summed E-state index contributed by atoms with van der Waals surface area (Å²) in [6.45, 7) is 1.95. The number of nitrogens with zero attached hydrogens (tertiary/aromatic N) is 3. The minimum Gasteiger partial charge on any atom is -0.496 e. The molecular weight excluding hydrogens is 318 g/mol. The van der Waals surface area contributed by atoms with Crippen molar-refractivity contribution in [2.45, 2.75) is 19.2 Å². The van der Waals surface area contributed by atoms with Gasteiger partial charge in [-0.05, 0) is 24.3 Å². The van der Waals surface area contributed by atoms with Crippen LogP contribution in [0.3, 0.4) is 0 Å². The number of rotatable bonds is 4. The summed E-state index contributed by atoms with van der Waals surface area (Å²) in [6, 6.07) is 9.82. The van der Waals surface area contributed by atoms with Gasteiger partial charge in [0.15, 0.2) is 0 Å². The Bertz CT molecular complexity index is 906. The number of pyridine rings is 1. The number of aliphatic hydroxyl groups is 1. The van der Waals surface area contributed by atoms with Crippen molar-refractivity contribution in [1.29, 1.82) is 0 Å². The second kappa shape index (κ2) is 6.38. The number of ether oxygens (including phenoxy) is 2. The molecule has 1 aliphatic heterocycles. The zero-order valence-electron chi connectivity index (χ0n) is 14.3. The van der Waals surface area contributed by atoms with Crippen LogP contribution in [0, 0.1) is 0 Å². The second-order valence-electron chi connectivity index (χ2n) is 6.22. The van der Waals surface area contributed by atoms with Crippen LogP contribution in [0.1, 0.15) is 22.9 Å². The van der Waals surface area contributed by atoms with Crippen LogP contribution < -0.4 is 9.47 Å². The SMILES string of the molecule is COc1ccc(OC)c2c1CN(Cc1cccc3nccn13)C[C@H]2O. The Kier molecular flexibility index (Phi) is 4.07. The molecule has 25 heavy (non-hydrogen) atoms. The van der Waals surface area contributed by atoms with E-state index in [0.29, 0.717) is 25.4 Å². The summed E-state index contributed by atoms with van der Waals surface area (Å²) >= 11 is 0. The van der Waals surface area contributed by atoms with Gasteiger partial charge in [-0.3, -0.25) is 4.90 Å². The predicted octanol–water partition coefficient (Wildman–Crippen LogP) is 2.40. The monoisotopic (exact) mass is 339 g/mol. The smallest absolute Gasteiger partial charge is 0.136 e. The fourth-order valence-electron chi connectivity index (χ4n) is 3.63. The number of imidazole rings is 1. The van der Waals surface area contributed by atoms with Gasteiger partial charge in [0.25, 0.3) is 0 Å². The first-order valence-electron chi connectivity index (χ1n) is 8.26. The van der Waals surface area contributed by atoms with E-state index in [1.807, 2.05) is 30.5 Å². The highest BCUT2D eigenvalue weighted by atomic mass is 16.5. The van der Waals surface area contributed by atoms with E-state index in [-0.39, 0.29) is 0 Å². The quantitative estimate of drug-likeness (QED) is 0.791. The Balaban J connectivity index is 1.68. The number of methoxy groups -OCH3 is 2. The van der Waals surface area contributed by atoms with Crippen molar-refractivity contribution in [3.8, 4) is 11.5 Å². The zero-order chi connectivity index (χ0) is 17.4. The Morgan fingerprint density at radius 1 is 1.16 bits per heavy atom. The van der Waals surface area contributed by atoms with Crippen LogP contribution in [-0.4, -0.2) is 40.2 Å². The number of hydrogen-bond donors (Lipinski definition) is 1. The molecule has 1 N–H and O–H groups in total. The molecule has 3 heterocycles. The summed E-state index contributed by atoms with van der Waals surface area (Å²) in [5, 5.41) is 10.7. The van der Waals surface area contributed by atoms with Crippen molar-refractivity contribution in [2.24, 2.45) is 0 Å². The van der Waals surface area contributed by atoms with Gasteiger partial charge in [0.1, 0.15) is 17.1 Å². The van der Waals surface area contributed by atoms with Crippen molar-refractivity contribution < 1.29 is 14.6 Å². The van der Waals surface area contributed by atoms with E-state index < -0.39 is 6.10 Å². The van der Waals surface area contributed by atoms with Crippen molar-refractivity contribution in [3.63, 3.8) is 0 Å². The van der Waals surface area contributed by atoms with Gasteiger partial charge in [-0.15, -0.1) is 0 Å². The molecule has 1 aliphatic rings. The zero-order valence-corrected chi connectivity index (χ0v) is 14.3. The molecule has 4 rings (SSSR count). The Labute approximate surface area is 146 Å². The molecule has 130 valence electrons. The fourth-order valence-corrected chi connectivity index (χ4v) is 3.63. The third-order valence-electron chi connectivity index (χ3n) is 4.76. The van der Waals surface area contributed by atoms with Crippen LogP contribution in [0.4, 0.5) is 0 Å². The average molecular weight is 339 g/mol. The maximum Gasteiger partial charge on any atom is 0.136 e. The highest BCUT2D eigenvalue weighted by Crippen LogP contribution is 2.39. The molecule has 6 heteroatoms. The van der Waals surface area contributed by atoms with E-state index in [0.717, 1.165) is 28.2 Å². The topological polar surface area (TPSA) is 59.2 Å².